The fourth-order valence-electron chi connectivity index (χ4n) is 2.60. The van der Waals surface area contributed by atoms with Crippen LogP contribution in [0.1, 0.15) is 55.2 Å². The zero-order chi connectivity index (χ0) is 22.3. The van der Waals surface area contributed by atoms with Gasteiger partial charge in [-0.05, 0) is 57.0 Å². The summed E-state index contributed by atoms with van der Waals surface area (Å²) in [5, 5.41) is 5.55. The maximum absolute atomic E-state index is 14.0. The first-order valence-electron chi connectivity index (χ1n) is 9.50. The van der Waals surface area contributed by atoms with E-state index in [1.807, 2.05) is 37.3 Å². The molecule has 0 saturated heterocycles. The summed E-state index contributed by atoms with van der Waals surface area (Å²) in [5.41, 5.74) is 6.57. The van der Waals surface area contributed by atoms with Crippen LogP contribution in [0.2, 0.25) is 0 Å². The van der Waals surface area contributed by atoms with Gasteiger partial charge in [-0.1, -0.05) is 30.3 Å². The van der Waals surface area contributed by atoms with Crippen molar-refractivity contribution >= 4 is 18.0 Å². The van der Waals surface area contributed by atoms with E-state index in [1.165, 1.54) is 6.07 Å². The highest BCUT2D eigenvalue weighted by Gasteiger charge is 2.16. The van der Waals surface area contributed by atoms with Crippen molar-refractivity contribution in [3.05, 3.63) is 71.0 Å². The van der Waals surface area contributed by atoms with Gasteiger partial charge >= 0.3 is 6.09 Å². The minimum Gasteiger partial charge on any atom is -0.442 e. The minimum absolute atomic E-state index is 0.0738. The highest BCUT2D eigenvalue weighted by atomic mass is 19.1. The van der Waals surface area contributed by atoms with Crippen molar-refractivity contribution in [2.75, 3.05) is 0 Å². The zero-order valence-corrected chi connectivity index (χ0v) is 17.5. The first-order valence-corrected chi connectivity index (χ1v) is 9.50. The normalized spacial score (nSPS) is 12.8. The lowest BCUT2D eigenvalue weighted by molar-refractivity contribution is 0.0603. The molecule has 2 aromatic carbocycles. The van der Waals surface area contributed by atoms with Crippen molar-refractivity contribution < 1.29 is 18.7 Å². The number of carbonyl (C=O) groups excluding carboxylic acids is 2. The highest BCUT2D eigenvalue weighted by molar-refractivity contribution is 5.94. The molecule has 0 heterocycles. The summed E-state index contributed by atoms with van der Waals surface area (Å²) < 4.78 is 19.1. The van der Waals surface area contributed by atoms with E-state index < -0.39 is 23.4 Å². The van der Waals surface area contributed by atoms with E-state index in [-0.39, 0.29) is 24.1 Å². The molecule has 7 nitrogen and oxygen atoms in total. The van der Waals surface area contributed by atoms with Crippen molar-refractivity contribution in [2.24, 2.45) is 10.7 Å². The molecule has 4 N–H and O–H groups in total. The van der Waals surface area contributed by atoms with Gasteiger partial charge in [-0.3, -0.25) is 4.79 Å². The first kappa shape index (κ1) is 22.9. The molecule has 2 amide bonds. The number of aliphatic imine (C=N–C) groups is 1. The van der Waals surface area contributed by atoms with E-state index in [2.05, 4.69) is 15.6 Å². The predicted octanol–water partition coefficient (Wildman–Crippen LogP) is 3.66. The van der Waals surface area contributed by atoms with Gasteiger partial charge in [0.2, 0.25) is 0 Å². The van der Waals surface area contributed by atoms with Crippen molar-refractivity contribution in [1.29, 1.82) is 0 Å². The van der Waals surface area contributed by atoms with Crippen LogP contribution in [0.4, 0.5) is 9.18 Å². The molecule has 0 unspecified atom stereocenters. The number of nitrogens with one attached hydrogen (secondary N) is 2. The number of benzene rings is 2. The maximum atomic E-state index is 14.0. The van der Waals surface area contributed by atoms with E-state index in [9.17, 15) is 14.0 Å². The average Bonchev–Trinajstić information content (AvgIpc) is 2.65. The van der Waals surface area contributed by atoms with Crippen molar-refractivity contribution in [2.45, 2.75) is 45.9 Å². The molecule has 0 bridgehead atoms. The molecule has 0 aromatic heterocycles. The van der Waals surface area contributed by atoms with Gasteiger partial charge in [0, 0.05) is 12.1 Å². The molecule has 0 aliphatic carbocycles. The Balaban J connectivity index is 2.02. The molecule has 0 fully saturated rings. The largest absolute Gasteiger partial charge is 0.442 e. The van der Waals surface area contributed by atoms with Crippen molar-refractivity contribution in [1.82, 2.24) is 10.6 Å². The van der Waals surface area contributed by atoms with E-state index in [0.29, 0.717) is 5.56 Å². The molecule has 30 heavy (non-hydrogen) atoms. The number of nitrogens with zero attached hydrogens (tertiary/aromatic N) is 1. The Labute approximate surface area is 175 Å². The maximum Gasteiger partial charge on any atom is 0.437 e. The summed E-state index contributed by atoms with van der Waals surface area (Å²) in [5.74, 6) is -1.13. The fraction of sp³-hybridized carbons (Fsp3) is 0.318. The summed E-state index contributed by atoms with van der Waals surface area (Å²) in [6.45, 7) is 7.05. The number of amides is 2. The van der Waals surface area contributed by atoms with Crippen LogP contribution in [0.3, 0.4) is 0 Å². The second-order valence-corrected chi connectivity index (χ2v) is 7.78. The zero-order valence-electron chi connectivity index (χ0n) is 17.5. The summed E-state index contributed by atoms with van der Waals surface area (Å²) in [6.07, 6.45) is -0.832. The summed E-state index contributed by atoms with van der Waals surface area (Å²) >= 11 is 0. The molecule has 2 rings (SSSR count). The van der Waals surface area contributed by atoms with Crippen LogP contribution >= 0.6 is 0 Å². The minimum atomic E-state index is -0.832. The third kappa shape index (κ3) is 7.54. The topological polar surface area (TPSA) is 106 Å². The molecule has 0 radical (unpaired) electrons. The van der Waals surface area contributed by atoms with E-state index in [0.717, 1.165) is 11.6 Å². The van der Waals surface area contributed by atoms with Crippen LogP contribution < -0.4 is 16.4 Å². The number of nitrogens with two attached hydrogens (primary N) is 1. The number of carbonyl (C=O) groups is 2. The molecule has 2 aromatic rings. The van der Waals surface area contributed by atoms with Gasteiger partial charge in [-0.15, -0.1) is 4.99 Å². The molecule has 160 valence electrons. The lowest BCUT2D eigenvalue weighted by Crippen LogP contribution is -2.33. The van der Waals surface area contributed by atoms with Crippen LogP contribution in [-0.2, 0) is 11.3 Å². The molecule has 0 aliphatic heterocycles. The van der Waals surface area contributed by atoms with Gasteiger partial charge < -0.3 is 21.1 Å². The Bertz CT molecular complexity index is 924. The van der Waals surface area contributed by atoms with Crippen LogP contribution in [0.5, 0.6) is 0 Å². The lowest BCUT2D eigenvalue weighted by Gasteiger charge is -2.17. The second kappa shape index (κ2) is 9.87. The van der Waals surface area contributed by atoms with Gasteiger partial charge in [0.1, 0.15) is 11.4 Å². The van der Waals surface area contributed by atoms with Crippen molar-refractivity contribution in [3.8, 4) is 0 Å². The van der Waals surface area contributed by atoms with Crippen LogP contribution in [0, 0.1) is 5.82 Å². The molecule has 0 spiro atoms. The molecular formula is C22H27FN4O3. The smallest absolute Gasteiger partial charge is 0.437 e. The van der Waals surface area contributed by atoms with E-state index in [1.54, 1.807) is 26.8 Å². The van der Waals surface area contributed by atoms with Gasteiger partial charge in [0.25, 0.3) is 5.91 Å². The Morgan fingerprint density at radius 1 is 1.17 bits per heavy atom. The number of hydrogen-bond donors (Lipinski definition) is 3. The van der Waals surface area contributed by atoms with Crippen molar-refractivity contribution in [3.63, 3.8) is 0 Å². The number of rotatable bonds is 5. The molecule has 8 heteroatoms. The standard InChI is InChI=1S/C22H27FN4O3/c1-14(16-8-6-5-7-9-16)26-19(28)17-10-15(11-18(23)12-17)13-25-20(24)27-21(29)30-22(2,3)4/h5-12,14H,13H2,1-4H3,(H,26,28)(H3,24,25,27,29)/t14-/m0/s1. The average molecular weight is 414 g/mol. The van der Waals surface area contributed by atoms with Gasteiger partial charge in [0.15, 0.2) is 5.96 Å². The summed E-state index contributed by atoms with van der Waals surface area (Å²) in [7, 11) is 0. The monoisotopic (exact) mass is 414 g/mol. The second-order valence-electron chi connectivity index (χ2n) is 7.78. The Hall–Kier alpha value is -3.42. The fourth-order valence-corrected chi connectivity index (χ4v) is 2.60. The lowest BCUT2D eigenvalue weighted by atomic mass is 10.1. The van der Waals surface area contributed by atoms with Gasteiger partial charge in [0.05, 0.1) is 6.04 Å². The molecule has 1 atom stereocenters. The third-order valence-electron chi connectivity index (χ3n) is 3.95. The summed E-state index contributed by atoms with van der Waals surface area (Å²) in [4.78, 5) is 27.8. The number of ether oxygens (including phenoxy) is 1. The van der Waals surface area contributed by atoms with E-state index in [4.69, 9.17) is 10.5 Å². The Morgan fingerprint density at radius 3 is 2.47 bits per heavy atom. The number of guanidine groups is 1. The molecular weight excluding hydrogens is 387 g/mol. The first-order chi connectivity index (χ1) is 14.0. The SMILES string of the molecule is C[C@H](NC(=O)c1cc(F)cc(CN/C(N)=N/C(=O)OC(C)(C)C)c1)c1ccccc1. The Kier molecular flexibility index (Phi) is 7.52. The quantitative estimate of drug-likeness (QED) is 0.511. The highest BCUT2D eigenvalue weighted by Crippen LogP contribution is 2.14. The number of hydrogen-bond acceptors (Lipinski definition) is 3. The summed E-state index contributed by atoms with van der Waals surface area (Å²) in [6, 6.07) is 13.2. The number of halogens is 1. The van der Waals surface area contributed by atoms with Gasteiger partial charge in [-0.25, -0.2) is 9.18 Å². The molecule has 0 saturated carbocycles. The van der Waals surface area contributed by atoms with Crippen LogP contribution in [0.25, 0.3) is 0 Å². The van der Waals surface area contributed by atoms with Crippen LogP contribution in [-0.4, -0.2) is 23.6 Å². The predicted molar refractivity (Wildman–Crippen MR) is 113 cm³/mol. The van der Waals surface area contributed by atoms with Crippen LogP contribution in [0.15, 0.2) is 53.5 Å². The van der Waals surface area contributed by atoms with Gasteiger partial charge in [-0.2, -0.15) is 0 Å². The third-order valence-corrected chi connectivity index (χ3v) is 3.95. The van der Waals surface area contributed by atoms with E-state index >= 15 is 0 Å². The Morgan fingerprint density at radius 2 is 1.83 bits per heavy atom. The molecule has 0 aliphatic rings.